The molecule has 2 N–H and O–H groups in total. The Morgan fingerprint density at radius 1 is 1.29 bits per heavy atom. The summed E-state index contributed by atoms with van der Waals surface area (Å²) in [5.41, 5.74) is 6.08. The zero-order chi connectivity index (χ0) is 10.9. The van der Waals surface area contributed by atoms with E-state index in [4.69, 9.17) is 17.3 Å². The molecule has 0 aliphatic rings. The van der Waals surface area contributed by atoms with E-state index in [1.165, 1.54) is 0 Å². The van der Waals surface area contributed by atoms with Crippen LogP contribution in [0.1, 0.15) is 37.3 Å². The molecule has 0 saturated heterocycles. The molecule has 0 heterocycles. The van der Waals surface area contributed by atoms with Gasteiger partial charge in [-0.2, -0.15) is 0 Å². The van der Waals surface area contributed by atoms with Gasteiger partial charge < -0.3 is 5.73 Å². The van der Waals surface area contributed by atoms with Gasteiger partial charge in [0, 0.05) is 5.56 Å². The van der Waals surface area contributed by atoms with Crippen LogP contribution in [0.15, 0.2) is 12.1 Å². The lowest BCUT2D eigenvalue weighted by molar-refractivity contribution is 0.150. The van der Waals surface area contributed by atoms with Crippen LogP contribution in [-0.4, -0.2) is 0 Å². The third kappa shape index (κ3) is 1.98. The van der Waals surface area contributed by atoms with Gasteiger partial charge in [-0.15, -0.1) is 0 Å². The first kappa shape index (κ1) is 11.2. The summed E-state index contributed by atoms with van der Waals surface area (Å²) in [6.45, 7) is 3.68. The molecule has 78 valence electrons. The molecule has 4 heteroatoms. The van der Waals surface area contributed by atoms with Gasteiger partial charge in [-0.1, -0.05) is 31.5 Å². The second-order valence-corrected chi connectivity index (χ2v) is 3.81. The molecular formula is C10H12ClF2N. The molecular weight excluding hydrogens is 208 g/mol. The van der Waals surface area contributed by atoms with Crippen LogP contribution in [0.4, 0.5) is 14.5 Å². The SMILES string of the molecule is CC(C)c1ccc(N)c(Cl)c1C(F)F. The number of benzene rings is 1. The Morgan fingerprint density at radius 2 is 1.86 bits per heavy atom. The molecule has 0 bridgehead atoms. The number of anilines is 1. The summed E-state index contributed by atoms with van der Waals surface area (Å²) in [5, 5.41) is -0.0220. The fourth-order valence-electron chi connectivity index (χ4n) is 1.35. The number of hydrogen-bond donors (Lipinski definition) is 1. The molecule has 0 saturated carbocycles. The van der Waals surface area contributed by atoms with Crippen molar-refractivity contribution < 1.29 is 8.78 Å². The molecule has 0 amide bonds. The van der Waals surface area contributed by atoms with Gasteiger partial charge in [-0.05, 0) is 17.5 Å². The maximum atomic E-state index is 12.7. The highest BCUT2D eigenvalue weighted by Crippen LogP contribution is 2.37. The molecule has 1 rings (SSSR count). The fourth-order valence-corrected chi connectivity index (χ4v) is 1.60. The van der Waals surface area contributed by atoms with Gasteiger partial charge in [0.05, 0.1) is 10.7 Å². The highest BCUT2D eigenvalue weighted by atomic mass is 35.5. The van der Waals surface area contributed by atoms with E-state index in [-0.39, 0.29) is 22.2 Å². The number of nitrogen functional groups attached to an aromatic ring is 1. The Morgan fingerprint density at radius 3 is 2.29 bits per heavy atom. The first-order valence-corrected chi connectivity index (χ1v) is 4.68. The van der Waals surface area contributed by atoms with Crippen molar-refractivity contribution in [1.82, 2.24) is 0 Å². The average Bonchev–Trinajstić information content (AvgIpc) is 2.08. The average molecular weight is 220 g/mol. The third-order valence-electron chi connectivity index (χ3n) is 2.08. The lowest BCUT2D eigenvalue weighted by Crippen LogP contribution is -2.00. The van der Waals surface area contributed by atoms with Crippen LogP contribution in [0.25, 0.3) is 0 Å². The Hall–Kier alpha value is -0.830. The van der Waals surface area contributed by atoms with Crippen LogP contribution in [0, 0.1) is 0 Å². The summed E-state index contributed by atoms with van der Waals surface area (Å²) >= 11 is 5.73. The Balaban J connectivity index is 3.38. The minimum Gasteiger partial charge on any atom is -0.398 e. The summed E-state index contributed by atoms with van der Waals surface area (Å²) in [5.74, 6) is 0.0112. The summed E-state index contributed by atoms with van der Waals surface area (Å²) in [6, 6.07) is 3.16. The van der Waals surface area contributed by atoms with Crippen LogP contribution in [0.3, 0.4) is 0 Å². The molecule has 0 spiro atoms. The Labute approximate surface area is 86.9 Å². The molecule has 0 aliphatic carbocycles. The third-order valence-corrected chi connectivity index (χ3v) is 2.51. The van der Waals surface area contributed by atoms with E-state index in [1.807, 2.05) is 13.8 Å². The summed E-state index contributed by atoms with van der Waals surface area (Å²) in [7, 11) is 0. The highest BCUT2D eigenvalue weighted by Gasteiger charge is 2.20. The zero-order valence-electron chi connectivity index (χ0n) is 8.02. The molecule has 1 aromatic rings. The first-order valence-electron chi connectivity index (χ1n) is 4.31. The minimum absolute atomic E-state index is 0.0112. The second kappa shape index (κ2) is 4.13. The van der Waals surface area contributed by atoms with Crippen molar-refractivity contribution in [1.29, 1.82) is 0 Å². The van der Waals surface area contributed by atoms with Crippen LogP contribution < -0.4 is 5.73 Å². The van der Waals surface area contributed by atoms with Gasteiger partial charge in [0.15, 0.2) is 0 Å². The number of hydrogen-bond acceptors (Lipinski definition) is 1. The molecule has 0 radical (unpaired) electrons. The van der Waals surface area contributed by atoms with Gasteiger partial charge in [-0.25, -0.2) is 8.78 Å². The molecule has 0 atom stereocenters. The number of halogens is 3. The van der Waals surface area contributed by atoms with Gasteiger partial charge in [0.2, 0.25) is 0 Å². The van der Waals surface area contributed by atoms with E-state index in [9.17, 15) is 8.78 Å². The second-order valence-electron chi connectivity index (χ2n) is 3.43. The highest BCUT2D eigenvalue weighted by molar-refractivity contribution is 6.34. The van der Waals surface area contributed by atoms with Crippen LogP contribution in [0.2, 0.25) is 5.02 Å². The van der Waals surface area contributed by atoms with E-state index in [0.29, 0.717) is 5.56 Å². The van der Waals surface area contributed by atoms with E-state index >= 15 is 0 Å². The predicted octanol–water partition coefficient (Wildman–Crippen LogP) is 3.98. The Bertz CT molecular complexity index is 337. The largest absolute Gasteiger partial charge is 0.398 e. The van der Waals surface area contributed by atoms with Crippen LogP contribution >= 0.6 is 11.6 Å². The van der Waals surface area contributed by atoms with Crippen molar-refractivity contribution in [2.45, 2.75) is 26.2 Å². The fraction of sp³-hybridized carbons (Fsp3) is 0.400. The van der Waals surface area contributed by atoms with Crippen molar-refractivity contribution in [3.63, 3.8) is 0 Å². The quantitative estimate of drug-likeness (QED) is 0.748. The van der Waals surface area contributed by atoms with Gasteiger partial charge >= 0.3 is 0 Å². The normalized spacial score (nSPS) is 11.4. The summed E-state index contributed by atoms with van der Waals surface area (Å²) < 4.78 is 25.4. The predicted molar refractivity (Wildman–Crippen MR) is 54.9 cm³/mol. The maximum absolute atomic E-state index is 12.7. The summed E-state index contributed by atoms with van der Waals surface area (Å²) in [6.07, 6.45) is -2.58. The molecule has 1 aromatic carbocycles. The van der Waals surface area contributed by atoms with Gasteiger partial charge in [0.25, 0.3) is 6.43 Å². The van der Waals surface area contributed by atoms with E-state index in [1.54, 1.807) is 12.1 Å². The molecule has 0 aromatic heterocycles. The smallest absolute Gasteiger partial charge is 0.265 e. The first-order chi connectivity index (χ1) is 6.45. The molecule has 0 fully saturated rings. The van der Waals surface area contributed by atoms with Gasteiger partial charge in [0.1, 0.15) is 0 Å². The number of rotatable bonds is 2. The van der Waals surface area contributed by atoms with Gasteiger partial charge in [-0.3, -0.25) is 0 Å². The molecule has 0 unspecified atom stereocenters. The van der Waals surface area contributed by atoms with Crippen LogP contribution in [0.5, 0.6) is 0 Å². The zero-order valence-corrected chi connectivity index (χ0v) is 8.78. The monoisotopic (exact) mass is 219 g/mol. The van der Waals surface area contributed by atoms with Crippen molar-refractivity contribution in [2.24, 2.45) is 0 Å². The van der Waals surface area contributed by atoms with Crippen molar-refractivity contribution in [3.8, 4) is 0 Å². The topological polar surface area (TPSA) is 26.0 Å². The van der Waals surface area contributed by atoms with Crippen molar-refractivity contribution in [2.75, 3.05) is 5.73 Å². The van der Waals surface area contributed by atoms with Crippen molar-refractivity contribution >= 4 is 17.3 Å². The van der Waals surface area contributed by atoms with Crippen molar-refractivity contribution in [3.05, 3.63) is 28.3 Å². The summed E-state index contributed by atoms with van der Waals surface area (Å²) in [4.78, 5) is 0. The molecule has 0 aliphatic heterocycles. The Kier molecular flexibility index (Phi) is 3.32. The number of alkyl halides is 2. The molecule has 1 nitrogen and oxygen atoms in total. The van der Waals surface area contributed by atoms with E-state index in [2.05, 4.69) is 0 Å². The standard InChI is InChI=1S/C10H12ClF2N/c1-5(2)6-3-4-7(14)9(11)8(6)10(12)13/h3-5,10H,14H2,1-2H3. The number of nitrogens with two attached hydrogens (primary N) is 1. The van der Waals surface area contributed by atoms with Crippen LogP contribution in [-0.2, 0) is 0 Å². The molecule has 14 heavy (non-hydrogen) atoms. The maximum Gasteiger partial charge on any atom is 0.265 e. The van der Waals surface area contributed by atoms with E-state index < -0.39 is 6.43 Å². The lowest BCUT2D eigenvalue weighted by Gasteiger charge is -2.14. The lowest BCUT2D eigenvalue weighted by atomic mass is 9.97. The minimum atomic E-state index is -2.58. The van der Waals surface area contributed by atoms with E-state index in [0.717, 1.165) is 0 Å².